The number of ether oxygens (including phenoxy) is 1. The SMILES string of the molecule is CC(C)=O.C[C-]=O.O=C1OC(=O)c2ccccc21.[Zr]. The second kappa shape index (κ2) is 10.5. The van der Waals surface area contributed by atoms with E-state index in [1.54, 1.807) is 24.3 Å². The Labute approximate surface area is 130 Å². The van der Waals surface area contributed by atoms with Crippen LogP contribution < -0.4 is 0 Å². The summed E-state index contributed by atoms with van der Waals surface area (Å²) in [5, 5.41) is 0. The molecule has 0 saturated heterocycles. The molecule has 2 rings (SSSR count). The van der Waals surface area contributed by atoms with E-state index in [2.05, 4.69) is 4.74 Å². The van der Waals surface area contributed by atoms with Gasteiger partial charge in [0.15, 0.2) is 0 Å². The number of hydrogen-bond acceptors (Lipinski definition) is 5. The molecule has 0 bridgehead atoms. The van der Waals surface area contributed by atoms with Gasteiger partial charge in [-0.05, 0) is 26.0 Å². The number of esters is 2. The number of fused-ring (bicyclic) bond motifs is 1. The van der Waals surface area contributed by atoms with Crippen molar-refractivity contribution in [2.45, 2.75) is 20.8 Å². The van der Waals surface area contributed by atoms with Crippen molar-refractivity contribution in [2.24, 2.45) is 0 Å². The van der Waals surface area contributed by atoms with E-state index in [0.717, 1.165) is 0 Å². The summed E-state index contributed by atoms with van der Waals surface area (Å²) in [5.74, 6) is -0.934. The second-order valence-corrected chi connectivity index (χ2v) is 3.33. The quantitative estimate of drug-likeness (QED) is 0.408. The Morgan fingerprint density at radius 1 is 1.05 bits per heavy atom. The molecule has 1 aromatic rings. The van der Waals surface area contributed by atoms with Crippen molar-refractivity contribution in [2.75, 3.05) is 0 Å². The number of rotatable bonds is 0. The fraction of sp³-hybridized carbons (Fsp3) is 0.231. The van der Waals surface area contributed by atoms with Crippen LogP contribution in [0.3, 0.4) is 0 Å². The number of carbonyl (C=O) groups excluding carboxylic acids is 4. The molecule has 100 valence electrons. The number of ketones is 1. The number of Topliss-reactive ketones (excluding diaryl/α,β-unsaturated/α-hetero) is 1. The normalized spacial score (nSPS) is 10.5. The molecule has 0 aliphatic carbocycles. The summed E-state index contributed by atoms with van der Waals surface area (Å²) < 4.78 is 4.35. The zero-order chi connectivity index (χ0) is 14.1. The number of hydrogen-bond donors (Lipinski definition) is 0. The Morgan fingerprint density at radius 2 is 1.32 bits per heavy atom. The van der Waals surface area contributed by atoms with Crippen molar-refractivity contribution in [1.29, 1.82) is 0 Å². The Bertz CT molecular complexity index is 431. The zero-order valence-corrected chi connectivity index (χ0v) is 13.3. The van der Waals surface area contributed by atoms with E-state index in [9.17, 15) is 14.4 Å². The van der Waals surface area contributed by atoms with Gasteiger partial charge in [0, 0.05) is 26.2 Å². The summed E-state index contributed by atoms with van der Waals surface area (Å²) in [7, 11) is 0. The van der Waals surface area contributed by atoms with Crippen molar-refractivity contribution in [3.05, 3.63) is 35.4 Å². The standard InChI is InChI=1S/C8H4O3.C3H6O.C2H3O.Zr/c9-7-5-3-1-2-4-6(5)8(10)11-7;1-3(2)4;1-2-3;/h1-4H;1-2H3;1H3;/q;;-1;. The molecule has 0 aromatic heterocycles. The first-order valence-corrected chi connectivity index (χ1v) is 5.05. The van der Waals surface area contributed by atoms with Crippen molar-refractivity contribution >= 4 is 24.0 Å². The van der Waals surface area contributed by atoms with Crippen LogP contribution in [-0.2, 0) is 40.5 Å². The van der Waals surface area contributed by atoms with Crippen LogP contribution in [0.4, 0.5) is 0 Å². The molecule has 0 saturated carbocycles. The summed E-state index contributed by atoms with van der Waals surface area (Å²) in [6.45, 7) is 4.38. The van der Waals surface area contributed by atoms with Crippen molar-refractivity contribution in [3.8, 4) is 0 Å². The molecule has 0 fully saturated rings. The third kappa shape index (κ3) is 7.57. The second-order valence-electron chi connectivity index (χ2n) is 3.33. The van der Waals surface area contributed by atoms with Crippen LogP contribution >= 0.6 is 0 Å². The van der Waals surface area contributed by atoms with E-state index in [1.807, 2.05) is 0 Å². The maximum absolute atomic E-state index is 10.8. The molecule has 1 aromatic carbocycles. The average molecular weight is 340 g/mol. The van der Waals surface area contributed by atoms with Gasteiger partial charge >= 0.3 is 11.9 Å². The van der Waals surface area contributed by atoms with Crippen LogP contribution in [-0.4, -0.2) is 24.0 Å². The Morgan fingerprint density at radius 3 is 1.58 bits per heavy atom. The van der Waals surface area contributed by atoms with E-state index in [4.69, 9.17) is 4.79 Å². The molecule has 6 heteroatoms. The van der Waals surface area contributed by atoms with Gasteiger partial charge in [-0.15, -0.1) is 0 Å². The molecule has 5 nitrogen and oxygen atoms in total. The minimum Gasteiger partial charge on any atom is -0.542 e. The van der Waals surface area contributed by atoms with Crippen molar-refractivity contribution in [3.63, 3.8) is 0 Å². The Balaban J connectivity index is 0. The molecule has 0 atom stereocenters. The Kier molecular flexibility index (Phi) is 11.0. The van der Waals surface area contributed by atoms with Crippen molar-refractivity contribution in [1.82, 2.24) is 0 Å². The van der Waals surface area contributed by atoms with Crippen LogP contribution in [0, 0.1) is 0 Å². The first kappa shape index (κ1) is 19.9. The summed E-state index contributed by atoms with van der Waals surface area (Å²) in [6, 6.07) is 6.53. The molecule has 1 aliphatic heterocycles. The number of benzene rings is 1. The number of carbonyl (C=O) groups is 3. The van der Waals surface area contributed by atoms with Crippen molar-refractivity contribution < 1.29 is 50.1 Å². The average Bonchev–Trinajstić information content (AvgIpc) is 2.56. The molecular weight excluding hydrogens is 327 g/mol. The summed E-state index contributed by atoms with van der Waals surface area (Å²) in [6.07, 6.45) is 1.50. The smallest absolute Gasteiger partial charge is 0.346 e. The third-order valence-corrected chi connectivity index (χ3v) is 1.55. The van der Waals surface area contributed by atoms with Crippen LogP contribution in [0.5, 0.6) is 0 Å². The fourth-order valence-corrected chi connectivity index (χ4v) is 1.03. The largest absolute Gasteiger partial charge is 0.542 e. The van der Waals surface area contributed by atoms with Gasteiger partial charge in [0.1, 0.15) is 5.78 Å². The van der Waals surface area contributed by atoms with Gasteiger partial charge < -0.3 is 14.3 Å². The predicted octanol–water partition coefficient (Wildman–Crippen LogP) is 1.71. The van der Waals surface area contributed by atoms with Gasteiger partial charge in [-0.25, -0.2) is 9.59 Å². The van der Waals surface area contributed by atoms with Crippen LogP contribution in [0.15, 0.2) is 24.3 Å². The van der Waals surface area contributed by atoms with Gasteiger partial charge in [0.05, 0.1) is 11.1 Å². The topological polar surface area (TPSA) is 77.5 Å². The van der Waals surface area contributed by atoms with E-state index in [-0.39, 0.29) is 32.0 Å². The molecule has 1 heterocycles. The minimum absolute atomic E-state index is 0. The third-order valence-electron chi connectivity index (χ3n) is 1.55. The van der Waals surface area contributed by atoms with Gasteiger partial charge in [-0.2, -0.15) is 6.92 Å². The molecule has 1 aliphatic rings. The van der Waals surface area contributed by atoms with Crippen LogP contribution in [0.25, 0.3) is 0 Å². The molecule has 0 unspecified atom stereocenters. The predicted molar refractivity (Wildman–Crippen MR) is 63.9 cm³/mol. The number of cyclic esters (lactones) is 2. The molecule has 19 heavy (non-hydrogen) atoms. The van der Waals surface area contributed by atoms with Gasteiger partial charge in [-0.3, -0.25) is 6.29 Å². The summed E-state index contributed by atoms with van der Waals surface area (Å²) in [5.41, 5.74) is 0.718. The first-order chi connectivity index (χ1) is 8.43. The van der Waals surface area contributed by atoms with E-state index >= 15 is 0 Å². The van der Waals surface area contributed by atoms with Crippen LogP contribution in [0.1, 0.15) is 41.5 Å². The molecular formula is C13H13O5Zr-. The van der Waals surface area contributed by atoms with E-state index < -0.39 is 11.9 Å². The molecule has 0 radical (unpaired) electrons. The summed E-state index contributed by atoms with van der Waals surface area (Å²) in [4.78, 5) is 39.8. The monoisotopic (exact) mass is 339 g/mol. The fourth-order valence-electron chi connectivity index (χ4n) is 1.03. The van der Waals surface area contributed by atoms with E-state index in [1.165, 1.54) is 27.1 Å². The Hall–Kier alpha value is -1.42. The maximum atomic E-state index is 10.8. The van der Waals surface area contributed by atoms with Gasteiger partial charge in [-0.1, -0.05) is 12.1 Å². The van der Waals surface area contributed by atoms with E-state index in [0.29, 0.717) is 11.1 Å². The van der Waals surface area contributed by atoms with Crippen LogP contribution in [0.2, 0.25) is 0 Å². The van der Waals surface area contributed by atoms with Gasteiger partial charge in [0.2, 0.25) is 0 Å². The molecule has 0 amide bonds. The molecule has 0 spiro atoms. The zero-order valence-electron chi connectivity index (χ0n) is 10.9. The first-order valence-electron chi connectivity index (χ1n) is 5.05. The summed E-state index contributed by atoms with van der Waals surface area (Å²) >= 11 is 0. The van der Waals surface area contributed by atoms with Gasteiger partial charge in [0.25, 0.3) is 0 Å². The maximum Gasteiger partial charge on any atom is 0.346 e. The molecule has 0 N–H and O–H groups in total. The minimum atomic E-state index is -0.550.